The van der Waals surface area contributed by atoms with Crippen LogP contribution < -0.4 is 5.73 Å². The van der Waals surface area contributed by atoms with E-state index in [0.29, 0.717) is 29.7 Å². The largest absolute Gasteiger partial charge is 0.462 e. The van der Waals surface area contributed by atoms with Crippen LogP contribution >= 0.6 is 0 Å². The molecular formula is C20H22FNO4. The summed E-state index contributed by atoms with van der Waals surface area (Å²) in [5.74, 6) is -1.69. The number of carbonyl (C=O) groups excluding carboxylic acids is 2. The van der Waals surface area contributed by atoms with E-state index in [9.17, 15) is 14.0 Å². The lowest BCUT2D eigenvalue weighted by atomic mass is 9.70. The molecule has 1 aromatic carbocycles. The summed E-state index contributed by atoms with van der Waals surface area (Å²) < 4.78 is 24.6. The van der Waals surface area contributed by atoms with E-state index in [-0.39, 0.29) is 29.3 Å². The summed E-state index contributed by atoms with van der Waals surface area (Å²) in [6.45, 7) is 5.76. The van der Waals surface area contributed by atoms with Gasteiger partial charge in [-0.05, 0) is 30.0 Å². The number of nitrogens with two attached hydrogens (primary N) is 1. The Morgan fingerprint density at radius 3 is 2.77 bits per heavy atom. The summed E-state index contributed by atoms with van der Waals surface area (Å²) in [7, 11) is 0. The number of Topliss-reactive ketones (excluding diaryl/α,β-unsaturated/α-hetero) is 1. The molecule has 1 aromatic rings. The Morgan fingerprint density at radius 2 is 2.12 bits per heavy atom. The number of hydrogen-bond donors (Lipinski definition) is 1. The van der Waals surface area contributed by atoms with E-state index in [4.69, 9.17) is 15.2 Å². The number of carbonyl (C=O) groups is 2. The van der Waals surface area contributed by atoms with Crippen LogP contribution in [0, 0.1) is 11.2 Å². The van der Waals surface area contributed by atoms with E-state index in [2.05, 4.69) is 0 Å². The van der Waals surface area contributed by atoms with Crippen LogP contribution in [0.4, 0.5) is 4.39 Å². The van der Waals surface area contributed by atoms with E-state index in [1.54, 1.807) is 13.0 Å². The van der Waals surface area contributed by atoms with Crippen molar-refractivity contribution in [3.8, 4) is 0 Å². The first-order chi connectivity index (χ1) is 12.2. The normalized spacial score (nSPS) is 22.0. The highest BCUT2D eigenvalue weighted by atomic mass is 19.1. The van der Waals surface area contributed by atoms with Gasteiger partial charge >= 0.3 is 5.97 Å². The molecule has 0 amide bonds. The molecule has 0 aromatic heterocycles. The third-order valence-electron chi connectivity index (χ3n) is 4.63. The van der Waals surface area contributed by atoms with Crippen LogP contribution in [-0.2, 0) is 19.1 Å². The zero-order valence-corrected chi connectivity index (χ0v) is 15.1. The van der Waals surface area contributed by atoms with Crippen molar-refractivity contribution in [1.29, 1.82) is 0 Å². The fraction of sp³-hybridized carbons (Fsp3) is 0.400. The Kier molecular flexibility index (Phi) is 4.61. The molecule has 5 nitrogen and oxygen atoms in total. The highest BCUT2D eigenvalue weighted by Crippen LogP contribution is 2.48. The van der Waals surface area contributed by atoms with Crippen molar-refractivity contribution in [3.05, 3.63) is 58.4 Å². The number of halogens is 1. The maximum absolute atomic E-state index is 13.8. The third kappa shape index (κ3) is 3.23. The molecular weight excluding hydrogens is 337 g/mol. The average molecular weight is 359 g/mol. The number of esters is 1. The second kappa shape index (κ2) is 6.59. The van der Waals surface area contributed by atoms with E-state index in [0.717, 1.165) is 0 Å². The fourth-order valence-electron chi connectivity index (χ4n) is 3.61. The Hall–Kier alpha value is -2.63. The summed E-state index contributed by atoms with van der Waals surface area (Å²) in [5, 5.41) is 0. The van der Waals surface area contributed by atoms with E-state index in [1.807, 2.05) is 13.8 Å². The van der Waals surface area contributed by atoms with Crippen LogP contribution in [0.1, 0.15) is 45.1 Å². The molecule has 0 saturated heterocycles. The van der Waals surface area contributed by atoms with Gasteiger partial charge in [0, 0.05) is 18.4 Å². The van der Waals surface area contributed by atoms with Gasteiger partial charge in [-0.2, -0.15) is 0 Å². The monoisotopic (exact) mass is 359 g/mol. The second-order valence-electron chi connectivity index (χ2n) is 7.37. The molecule has 2 N–H and O–H groups in total. The summed E-state index contributed by atoms with van der Waals surface area (Å²) in [6, 6.07) is 5.82. The first-order valence-electron chi connectivity index (χ1n) is 8.60. The summed E-state index contributed by atoms with van der Waals surface area (Å²) in [5.41, 5.74) is 6.65. The van der Waals surface area contributed by atoms with Crippen molar-refractivity contribution < 1.29 is 23.5 Å². The molecule has 26 heavy (non-hydrogen) atoms. The average Bonchev–Trinajstić information content (AvgIpc) is 2.52. The van der Waals surface area contributed by atoms with E-state index in [1.165, 1.54) is 18.2 Å². The van der Waals surface area contributed by atoms with Gasteiger partial charge in [-0.15, -0.1) is 0 Å². The lowest BCUT2D eigenvalue weighted by molar-refractivity contribution is -0.139. The lowest BCUT2D eigenvalue weighted by Gasteiger charge is -2.37. The molecule has 2 aliphatic rings. The molecule has 0 radical (unpaired) electrons. The second-order valence-corrected chi connectivity index (χ2v) is 7.37. The molecule has 0 saturated carbocycles. The van der Waals surface area contributed by atoms with Gasteiger partial charge in [-0.1, -0.05) is 26.0 Å². The Labute approximate surface area is 151 Å². The van der Waals surface area contributed by atoms with Crippen LogP contribution in [0.5, 0.6) is 0 Å². The van der Waals surface area contributed by atoms with Gasteiger partial charge in [0.15, 0.2) is 5.78 Å². The standard InChI is InChI=1S/C20H22FNO4/c1-4-25-19(24)17-15(11-6-5-7-12(21)8-11)16-13(23)9-20(2,3)10-14(16)26-18(17)22/h5-8,15H,4,9-10,22H2,1-3H3. The van der Waals surface area contributed by atoms with Crippen molar-refractivity contribution >= 4 is 11.8 Å². The third-order valence-corrected chi connectivity index (χ3v) is 4.63. The minimum atomic E-state index is -0.794. The summed E-state index contributed by atoms with van der Waals surface area (Å²) in [6.07, 6.45) is 0.827. The van der Waals surface area contributed by atoms with Gasteiger partial charge in [0.05, 0.1) is 12.5 Å². The molecule has 1 aliphatic carbocycles. The number of rotatable bonds is 3. The van der Waals surface area contributed by atoms with Crippen molar-refractivity contribution in [3.63, 3.8) is 0 Å². The molecule has 1 atom stereocenters. The number of ketones is 1. The molecule has 1 heterocycles. The predicted octanol–water partition coefficient (Wildman–Crippen LogP) is 3.32. The molecule has 0 spiro atoms. The minimum absolute atomic E-state index is 0.0456. The highest BCUT2D eigenvalue weighted by Gasteiger charge is 2.45. The fourth-order valence-corrected chi connectivity index (χ4v) is 3.61. The van der Waals surface area contributed by atoms with Gasteiger partial charge in [0.2, 0.25) is 5.88 Å². The maximum Gasteiger partial charge on any atom is 0.340 e. The van der Waals surface area contributed by atoms with E-state index < -0.39 is 17.7 Å². The lowest BCUT2D eigenvalue weighted by Crippen LogP contribution is -2.35. The Bertz CT molecular complexity index is 838. The zero-order chi connectivity index (χ0) is 19.1. The minimum Gasteiger partial charge on any atom is -0.462 e. The molecule has 1 aliphatic heterocycles. The predicted molar refractivity (Wildman–Crippen MR) is 93.1 cm³/mol. The number of benzene rings is 1. The SMILES string of the molecule is CCOC(=O)C1=C(N)OC2=C(C(=O)CC(C)(C)C2)C1c1cccc(F)c1. The van der Waals surface area contributed by atoms with Crippen LogP contribution in [0.3, 0.4) is 0 Å². The smallest absolute Gasteiger partial charge is 0.340 e. The molecule has 0 bridgehead atoms. The van der Waals surface area contributed by atoms with E-state index >= 15 is 0 Å². The highest BCUT2D eigenvalue weighted by molar-refractivity contribution is 6.03. The topological polar surface area (TPSA) is 78.6 Å². The van der Waals surface area contributed by atoms with Crippen molar-refractivity contribution in [2.45, 2.75) is 39.5 Å². The zero-order valence-electron chi connectivity index (χ0n) is 15.1. The van der Waals surface area contributed by atoms with Crippen molar-refractivity contribution in [2.75, 3.05) is 6.61 Å². The molecule has 1 unspecified atom stereocenters. The van der Waals surface area contributed by atoms with Crippen LogP contribution in [0.15, 0.2) is 47.1 Å². The molecule has 6 heteroatoms. The van der Waals surface area contributed by atoms with Crippen molar-refractivity contribution in [2.24, 2.45) is 11.1 Å². The van der Waals surface area contributed by atoms with Gasteiger partial charge in [-0.3, -0.25) is 4.79 Å². The Balaban J connectivity index is 2.18. The quantitative estimate of drug-likeness (QED) is 0.838. The Morgan fingerprint density at radius 1 is 1.38 bits per heavy atom. The van der Waals surface area contributed by atoms with Gasteiger partial charge < -0.3 is 15.2 Å². The van der Waals surface area contributed by atoms with Gasteiger partial charge in [0.1, 0.15) is 17.1 Å². The molecule has 0 fully saturated rings. The number of hydrogen-bond acceptors (Lipinski definition) is 5. The van der Waals surface area contributed by atoms with Gasteiger partial charge in [-0.25, -0.2) is 9.18 Å². The summed E-state index contributed by atoms with van der Waals surface area (Å²) in [4.78, 5) is 25.4. The maximum atomic E-state index is 13.8. The molecule has 3 rings (SSSR count). The van der Waals surface area contributed by atoms with Crippen LogP contribution in [-0.4, -0.2) is 18.4 Å². The number of ether oxygens (including phenoxy) is 2. The van der Waals surface area contributed by atoms with Crippen LogP contribution in [0.2, 0.25) is 0 Å². The first kappa shape index (κ1) is 18.2. The van der Waals surface area contributed by atoms with Crippen LogP contribution in [0.25, 0.3) is 0 Å². The number of allylic oxidation sites excluding steroid dienone is 2. The van der Waals surface area contributed by atoms with Crippen molar-refractivity contribution in [1.82, 2.24) is 0 Å². The van der Waals surface area contributed by atoms with Gasteiger partial charge in [0.25, 0.3) is 0 Å². The first-order valence-corrected chi connectivity index (χ1v) is 8.60. The summed E-state index contributed by atoms with van der Waals surface area (Å²) >= 11 is 0. The molecule has 138 valence electrons.